The molecule has 5 heteroatoms. The fourth-order valence-electron chi connectivity index (χ4n) is 1.07. The second-order valence-electron chi connectivity index (χ2n) is 3.05. The molecule has 78 valence electrons. The molecule has 0 unspecified atom stereocenters. The smallest absolute Gasteiger partial charge is 0.154 e. The van der Waals surface area contributed by atoms with Crippen LogP contribution < -0.4 is 5.73 Å². The third-order valence-corrected chi connectivity index (χ3v) is 3.84. The van der Waals surface area contributed by atoms with Gasteiger partial charge in [0.2, 0.25) is 0 Å². The summed E-state index contributed by atoms with van der Waals surface area (Å²) in [6, 6.07) is 3.97. The van der Waals surface area contributed by atoms with Crippen LogP contribution in [0.25, 0.3) is 0 Å². The molecule has 0 spiro atoms. The standard InChI is InChI=1S/C10H11N3S2/c1-7-6-14-10(13-7)15-9-3-2-8(4-11)12-5-9/h2-3,5-6H,4,11H2,1H3. The lowest BCUT2D eigenvalue weighted by atomic mass is 10.4. The van der Waals surface area contributed by atoms with Crippen LogP contribution in [0.15, 0.2) is 32.9 Å². The van der Waals surface area contributed by atoms with Crippen molar-refractivity contribution in [1.29, 1.82) is 0 Å². The van der Waals surface area contributed by atoms with Crippen molar-refractivity contribution in [2.75, 3.05) is 0 Å². The molecule has 2 rings (SSSR count). The molecule has 0 aromatic carbocycles. The molecule has 2 aromatic heterocycles. The summed E-state index contributed by atoms with van der Waals surface area (Å²) in [7, 11) is 0. The average molecular weight is 237 g/mol. The average Bonchev–Trinajstić information content (AvgIpc) is 2.65. The molecule has 0 aliphatic carbocycles. The van der Waals surface area contributed by atoms with Crippen LogP contribution in [0.1, 0.15) is 11.4 Å². The third-order valence-electron chi connectivity index (χ3n) is 1.81. The van der Waals surface area contributed by atoms with Crippen LogP contribution in [0.4, 0.5) is 0 Å². The Morgan fingerprint density at radius 3 is 2.87 bits per heavy atom. The number of rotatable bonds is 3. The van der Waals surface area contributed by atoms with E-state index in [2.05, 4.69) is 9.97 Å². The predicted octanol–water partition coefficient (Wildman–Crippen LogP) is 2.46. The number of hydrogen-bond donors (Lipinski definition) is 1. The van der Waals surface area contributed by atoms with Crippen molar-refractivity contribution >= 4 is 23.1 Å². The zero-order valence-electron chi connectivity index (χ0n) is 8.30. The minimum absolute atomic E-state index is 0.487. The number of pyridine rings is 1. The van der Waals surface area contributed by atoms with E-state index in [-0.39, 0.29) is 0 Å². The maximum Gasteiger partial charge on any atom is 0.154 e. The highest BCUT2D eigenvalue weighted by Gasteiger charge is 2.01. The molecule has 2 heterocycles. The van der Waals surface area contributed by atoms with Crippen molar-refractivity contribution < 1.29 is 0 Å². The van der Waals surface area contributed by atoms with E-state index in [1.807, 2.05) is 30.6 Å². The van der Waals surface area contributed by atoms with Gasteiger partial charge in [-0.05, 0) is 19.1 Å². The molecule has 2 aromatic rings. The SMILES string of the molecule is Cc1csc(Sc2ccc(CN)nc2)n1. The van der Waals surface area contributed by atoms with E-state index in [0.29, 0.717) is 6.54 Å². The van der Waals surface area contributed by atoms with Crippen LogP contribution in [0.3, 0.4) is 0 Å². The monoisotopic (exact) mass is 237 g/mol. The normalized spacial score (nSPS) is 10.5. The summed E-state index contributed by atoms with van der Waals surface area (Å²) in [6.07, 6.45) is 1.84. The van der Waals surface area contributed by atoms with Crippen LogP contribution in [-0.4, -0.2) is 9.97 Å². The first-order chi connectivity index (χ1) is 7.28. The molecule has 2 N–H and O–H groups in total. The summed E-state index contributed by atoms with van der Waals surface area (Å²) in [5.74, 6) is 0. The first kappa shape index (κ1) is 10.6. The molecule has 3 nitrogen and oxygen atoms in total. The quantitative estimate of drug-likeness (QED) is 0.891. The highest BCUT2D eigenvalue weighted by atomic mass is 32.2. The number of thiazole rings is 1. The zero-order valence-corrected chi connectivity index (χ0v) is 9.94. The fraction of sp³-hybridized carbons (Fsp3) is 0.200. The van der Waals surface area contributed by atoms with Gasteiger partial charge in [-0.1, -0.05) is 11.8 Å². The molecular weight excluding hydrogens is 226 g/mol. The van der Waals surface area contributed by atoms with Crippen molar-refractivity contribution in [3.05, 3.63) is 35.1 Å². The first-order valence-electron chi connectivity index (χ1n) is 4.53. The summed E-state index contributed by atoms with van der Waals surface area (Å²) in [4.78, 5) is 9.71. The zero-order chi connectivity index (χ0) is 10.7. The topological polar surface area (TPSA) is 51.8 Å². The lowest BCUT2D eigenvalue weighted by molar-refractivity contribution is 0.976. The molecule has 0 amide bonds. The van der Waals surface area contributed by atoms with Gasteiger partial charge in [-0.3, -0.25) is 4.98 Å². The Balaban J connectivity index is 2.11. The van der Waals surface area contributed by atoms with Crippen molar-refractivity contribution in [2.45, 2.75) is 22.7 Å². The van der Waals surface area contributed by atoms with Crippen molar-refractivity contribution in [1.82, 2.24) is 9.97 Å². The summed E-state index contributed by atoms with van der Waals surface area (Å²) in [5.41, 5.74) is 7.45. The van der Waals surface area contributed by atoms with Gasteiger partial charge in [-0.2, -0.15) is 0 Å². The van der Waals surface area contributed by atoms with E-state index in [0.717, 1.165) is 20.6 Å². The maximum absolute atomic E-state index is 5.48. The minimum Gasteiger partial charge on any atom is -0.325 e. The second-order valence-corrected chi connectivity index (χ2v) is 5.22. The van der Waals surface area contributed by atoms with E-state index in [1.54, 1.807) is 23.1 Å². The molecule has 15 heavy (non-hydrogen) atoms. The van der Waals surface area contributed by atoms with Gasteiger partial charge >= 0.3 is 0 Å². The number of hydrogen-bond acceptors (Lipinski definition) is 5. The van der Waals surface area contributed by atoms with E-state index in [9.17, 15) is 0 Å². The highest BCUT2D eigenvalue weighted by molar-refractivity contribution is 8.01. The van der Waals surface area contributed by atoms with Crippen LogP contribution in [0.5, 0.6) is 0 Å². The first-order valence-corrected chi connectivity index (χ1v) is 6.22. The van der Waals surface area contributed by atoms with Gasteiger partial charge in [-0.25, -0.2) is 4.98 Å². The molecule has 0 aliphatic heterocycles. The van der Waals surface area contributed by atoms with Gasteiger partial charge in [0.15, 0.2) is 4.34 Å². The number of aryl methyl sites for hydroxylation is 1. The van der Waals surface area contributed by atoms with Crippen LogP contribution >= 0.6 is 23.1 Å². The molecule has 0 bridgehead atoms. The molecular formula is C10H11N3S2. The van der Waals surface area contributed by atoms with Gasteiger partial charge in [0, 0.05) is 28.7 Å². The summed E-state index contributed by atoms with van der Waals surface area (Å²) >= 11 is 3.29. The Labute approximate surface area is 96.8 Å². The fourth-order valence-corrected chi connectivity index (χ4v) is 2.85. The summed E-state index contributed by atoms with van der Waals surface area (Å²) < 4.78 is 1.05. The van der Waals surface area contributed by atoms with Gasteiger partial charge in [0.25, 0.3) is 0 Å². The maximum atomic E-state index is 5.48. The van der Waals surface area contributed by atoms with E-state index < -0.39 is 0 Å². The van der Waals surface area contributed by atoms with E-state index in [1.165, 1.54) is 0 Å². The van der Waals surface area contributed by atoms with E-state index >= 15 is 0 Å². The van der Waals surface area contributed by atoms with Crippen LogP contribution in [0.2, 0.25) is 0 Å². The molecule has 0 fully saturated rings. The van der Waals surface area contributed by atoms with Gasteiger partial charge in [0.05, 0.1) is 5.69 Å². The Morgan fingerprint density at radius 2 is 2.33 bits per heavy atom. The van der Waals surface area contributed by atoms with Crippen LogP contribution in [-0.2, 0) is 6.54 Å². The molecule has 0 atom stereocenters. The molecule has 0 aliphatic rings. The summed E-state index contributed by atoms with van der Waals surface area (Å²) in [6.45, 7) is 2.48. The number of nitrogens with zero attached hydrogens (tertiary/aromatic N) is 2. The Kier molecular flexibility index (Phi) is 3.35. The van der Waals surface area contributed by atoms with Crippen molar-refractivity contribution in [3.63, 3.8) is 0 Å². The molecule has 0 saturated carbocycles. The predicted molar refractivity (Wildman–Crippen MR) is 63.1 cm³/mol. The van der Waals surface area contributed by atoms with Gasteiger partial charge in [-0.15, -0.1) is 11.3 Å². The lowest BCUT2D eigenvalue weighted by Crippen LogP contribution is -1.98. The summed E-state index contributed by atoms with van der Waals surface area (Å²) in [5, 5.41) is 2.05. The van der Waals surface area contributed by atoms with Crippen molar-refractivity contribution in [2.24, 2.45) is 5.73 Å². The lowest BCUT2D eigenvalue weighted by Gasteiger charge is -1.98. The van der Waals surface area contributed by atoms with Crippen molar-refractivity contribution in [3.8, 4) is 0 Å². The molecule has 0 saturated heterocycles. The minimum atomic E-state index is 0.487. The van der Waals surface area contributed by atoms with Gasteiger partial charge in [0.1, 0.15) is 0 Å². The van der Waals surface area contributed by atoms with Gasteiger partial charge < -0.3 is 5.73 Å². The van der Waals surface area contributed by atoms with Crippen LogP contribution in [0, 0.1) is 6.92 Å². The van der Waals surface area contributed by atoms with E-state index in [4.69, 9.17) is 5.73 Å². The Hall–Kier alpha value is -0.910. The Morgan fingerprint density at radius 1 is 1.47 bits per heavy atom. The Bertz CT molecular complexity index is 436. The second kappa shape index (κ2) is 4.74. The highest BCUT2D eigenvalue weighted by Crippen LogP contribution is 2.29. The molecule has 0 radical (unpaired) electrons. The third kappa shape index (κ3) is 2.77. The number of aromatic nitrogens is 2. The largest absolute Gasteiger partial charge is 0.325 e. The number of nitrogens with two attached hydrogens (primary N) is 1.